The summed E-state index contributed by atoms with van der Waals surface area (Å²) in [5.74, 6) is -1.70. The molecular formula is C25H30FN3O5. The predicted octanol–water partition coefficient (Wildman–Crippen LogP) is 3.72. The summed E-state index contributed by atoms with van der Waals surface area (Å²) >= 11 is 0. The monoisotopic (exact) mass is 471 g/mol. The van der Waals surface area contributed by atoms with Crippen molar-refractivity contribution in [3.05, 3.63) is 52.1 Å². The molecule has 2 heterocycles. The lowest BCUT2D eigenvalue weighted by Crippen LogP contribution is -2.44. The summed E-state index contributed by atoms with van der Waals surface area (Å²) in [6, 6.07) is 2.67. The molecule has 34 heavy (non-hydrogen) atoms. The molecule has 2 aliphatic rings. The highest BCUT2D eigenvalue weighted by Crippen LogP contribution is 2.37. The van der Waals surface area contributed by atoms with E-state index in [-0.39, 0.29) is 35.4 Å². The fraction of sp³-hybridized carbons (Fsp3) is 0.480. The van der Waals surface area contributed by atoms with E-state index in [4.69, 9.17) is 4.74 Å². The van der Waals surface area contributed by atoms with Crippen molar-refractivity contribution in [1.29, 1.82) is 0 Å². The maximum atomic E-state index is 15.4. The zero-order valence-electron chi connectivity index (χ0n) is 19.8. The molecule has 1 amide bonds. The van der Waals surface area contributed by atoms with Crippen LogP contribution in [0.4, 0.5) is 14.9 Å². The number of carbonyl (C=O) groups excluding carboxylic acids is 1. The molecule has 1 aliphatic carbocycles. The lowest BCUT2D eigenvalue weighted by molar-refractivity contribution is 0.0694. The molecule has 3 atom stereocenters. The van der Waals surface area contributed by atoms with Crippen LogP contribution >= 0.6 is 0 Å². The number of alkyl carbamates (subject to hydrolysis) is 1. The van der Waals surface area contributed by atoms with Crippen LogP contribution in [0.3, 0.4) is 0 Å². The average Bonchev–Trinajstić information content (AvgIpc) is 3.18. The number of amides is 1. The third kappa shape index (κ3) is 4.26. The summed E-state index contributed by atoms with van der Waals surface area (Å²) in [6.07, 6.45) is 5.69. The van der Waals surface area contributed by atoms with Crippen molar-refractivity contribution in [2.75, 3.05) is 24.6 Å². The number of fused-ring (bicyclic) bond motifs is 2. The largest absolute Gasteiger partial charge is 0.477 e. The highest BCUT2D eigenvalue weighted by Gasteiger charge is 2.40. The first kappa shape index (κ1) is 23.8. The Morgan fingerprint density at radius 2 is 2.00 bits per heavy atom. The topological polar surface area (TPSA) is 101 Å². The van der Waals surface area contributed by atoms with Gasteiger partial charge in [0.05, 0.1) is 17.8 Å². The van der Waals surface area contributed by atoms with Gasteiger partial charge < -0.3 is 24.6 Å². The normalized spacial score (nSPS) is 22.0. The van der Waals surface area contributed by atoms with Gasteiger partial charge in [-0.1, -0.05) is 12.2 Å². The van der Waals surface area contributed by atoms with Gasteiger partial charge in [-0.3, -0.25) is 4.79 Å². The molecule has 2 aromatic rings. The van der Waals surface area contributed by atoms with Crippen LogP contribution < -0.4 is 15.6 Å². The van der Waals surface area contributed by atoms with Crippen molar-refractivity contribution >= 4 is 28.7 Å². The van der Waals surface area contributed by atoms with Crippen LogP contribution in [0.1, 0.15) is 44.5 Å². The molecule has 0 radical (unpaired) electrons. The minimum atomic E-state index is -1.34. The number of hydrogen-bond acceptors (Lipinski definition) is 5. The van der Waals surface area contributed by atoms with Gasteiger partial charge in [0.15, 0.2) is 0 Å². The Morgan fingerprint density at radius 1 is 1.26 bits per heavy atom. The maximum absolute atomic E-state index is 15.4. The quantitative estimate of drug-likeness (QED) is 0.660. The van der Waals surface area contributed by atoms with E-state index in [9.17, 15) is 19.5 Å². The van der Waals surface area contributed by atoms with Gasteiger partial charge in [0.1, 0.15) is 11.4 Å². The van der Waals surface area contributed by atoms with Crippen LogP contribution in [-0.2, 0) is 10.3 Å². The summed E-state index contributed by atoms with van der Waals surface area (Å²) in [5.41, 5.74) is -0.803. The van der Waals surface area contributed by atoms with E-state index in [0.29, 0.717) is 30.7 Å². The summed E-state index contributed by atoms with van der Waals surface area (Å²) in [7, 11) is 0. The molecule has 1 saturated heterocycles. The van der Waals surface area contributed by atoms with Crippen molar-refractivity contribution in [1.82, 2.24) is 9.88 Å². The van der Waals surface area contributed by atoms with E-state index >= 15 is 4.39 Å². The fourth-order valence-electron chi connectivity index (χ4n) is 5.03. The number of carbonyl (C=O) groups is 2. The lowest BCUT2D eigenvalue weighted by atomic mass is 9.83. The number of anilines is 1. The molecule has 1 aromatic heterocycles. The second-order valence-corrected chi connectivity index (χ2v) is 9.91. The van der Waals surface area contributed by atoms with E-state index in [0.717, 1.165) is 6.07 Å². The van der Waals surface area contributed by atoms with Crippen LogP contribution in [0.25, 0.3) is 10.9 Å². The maximum Gasteiger partial charge on any atom is 0.407 e. The zero-order valence-corrected chi connectivity index (χ0v) is 19.8. The van der Waals surface area contributed by atoms with E-state index in [2.05, 4.69) is 11.4 Å². The van der Waals surface area contributed by atoms with E-state index < -0.39 is 28.8 Å². The SMILES string of the molecule is CCOC(=O)NC1CC=CC2CN(c3cc4c(cc3F)c(=O)c(C(=O)O)cn4C(C)(C)C)CC21. The van der Waals surface area contributed by atoms with Crippen molar-refractivity contribution in [2.24, 2.45) is 11.8 Å². The smallest absolute Gasteiger partial charge is 0.407 e. The van der Waals surface area contributed by atoms with Gasteiger partial charge >= 0.3 is 12.1 Å². The van der Waals surface area contributed by atoms with Crippen LogP contribution in [-0.4, -0.2) is 47.5 Å². The Morgan fingerprint density at radius 3 is 2.65 bits per heavy atom. The Bertz CT molecular complexity index is 1230. The van der Waals surface area contributed by atoms with Gasteiger partial charge in [0.25, 0.3) is 0 Å². The number of pyridine rings is 1. The highest BCUT2D eigenvalue weighted by molar-refractivity contribution is 5.93. The van der Waals surface area contributed by atoms with Crippen molar-refractivity contribution in [3.8, 4) is 0 Å². The van der Waals surface area contributed by atoms with Crippen LogP contribution in [0.15, 0.2) is 35.3 Å². The number of ether oxygens (including phenoxy) is 1. The van der Waals surface area contributed by atoms with E-state index in [1.54, 1.807) is 17.6 Å². The number of carboxylic acids is 1. The van der Waals surface area contributed by atoms with E-state index in [1.807, 2.05) is 31.7 Å². The third-order valence-corrected chi connectivity index (χ3v) is 6.65. The molecule has 1 aliphatic heterocycles. The molecule has 3 unspecified atom stereocenters. The number of aromatic carboxylic acids is 1. The molecule has 8 nitrogen and oxygen atoms in total. The molecule has 182 valence electrons. The predicted molar refractivity (Wildman–Crippen MR) is 127 cm³/mol. The summed E-state index contributed by atoms with van der Waals surface area (Å²) < 4.78 is 22.1. The highest BCUT2D eigenvalue weighted by atomic mass is 19.1. The van der Waals surface area contributed by atoms with Crippen LogP contribution in [0, 0.1) is 17.7 Å². The van der Waals surface area contributed by atoms with Gasteiger partial charge in [-0.25, -0.2) is 14.0 Å². The number of nitrogens with one attached hydrogen (secondary N) is 1. The molecular weight excluding hydrogens is 441 g/mol. The molecule has 0 saturated carbocycles. The first-order chi connectivity index (χ1) is 16.0. The van der Waals surface area contributed by atoms with Gasteiger partial charge in [-0.2, -0.15) is 0 Å². The van der Waals surface area contributed by atoms with Crippen molar-refractivity contribution in [3.63, 3.8) is 0 Å². The number of hydrogen-bond donors (Lipinski definition) is 2. The van der Waals surface area contributed by atoms with Gasteiger partial charge in [-0.15, -0.1) is 0 Å². The molecule has 1 aromatic carbocycles. The molecule has 2 N–H and O–H groups in total. The van der Waals surface area contributed by atoms with Crippen molar-refractivity contribution in [2.45, 2.75) is 45.7 Å². The minimum absolute atomic E-state index is 0.0365. The third-order valence-electron chi connectivity index (χ3n) is 6.65. The molecule has 1 fully saturated rings. The first-order valence-corrected chi connectivity index (χ1v) is 11.5. The van der Waals surface area contributed by atoms with Gasteiger partial charge in [0, 0.05) is 48.1 Å². The second kappa shape index (κ2) is 8.77. The Labute approximate surface area is 197 Å². The molecule has 0 bridgehead atoms. The summed E-state index contributed by atoms with van der Waals surface area (Å²) in [4.78, 5) is 38.4. The number of benzene rings is 1. The number of nitrogens with zero attached hydrogens (tertiary/aromatic N) is 2. The average molecular weight is 472 g/mol. The molecule has 9 heteroatoms. The summed E-state index contributed by atoms with van der Waals surface area (Å²) in [6.45, 7) is 8.82. The summed E-state index contributed by atoms with van der Waals surface area (Å²) in [5, 5.41) is 12.5. The van der Waals surface area contributed by atoms with Gasteiger partial charge in [-0.05, 0) is 46.2 Å². The fourth-order valence-corrected chi connectivity index (χ4v) is 5.03. The Balaban J connectivity index is 1.74. The van der Waals surface area contributed by atoms with Crippen LogP contribution in [0.2, 0.25) is 0 Å². The molecule has 0 spiro atoms. The van der Waals surface area contributed by atoms with Gasteiger partial charge in [0.2, 0.25) is 5.43 Å². The number of aromatic nitrogens is 1. The van der Waals surface area contributed by atoms with Crippen molar-refractivity contribution < 1.29 is 23.8 Å². The Kier molecular flexibility index (Phi) is 6.14. The standard InChI is InChI=1S/C25H30FN3O5/c1-5-34-24(33)27-19-8-6-7-14-11-28(12-16(14)19)21-10-20-15(9-18(21)26)22(30)17(23(31)32)13-29(20)25(2,3)4/h6-7,9-10,13-14,16,19H,5,8,11-12H2,1-4H3,(H,27,33)(H,31,32). The lowest BCUT2D eigenvalue weighted by Gasteiger charge is -2.29. The minimum Gasteiger partial charge on any atom is -0.477 e. The van der Waals surface area contributed by atoms with E-state index in [1.165, 1.54) is 6.20 Å². The number of rotatable bonds is 4. The zero-order chi connectivity index (χ0) is 24.8. The number of halogens is 1. The Hall–Kier alpha value is -3.36. The molecule has 4 rings (SSSR count). The number of carboxylic acid groups (broad SMARTS) is 1. The van der Waals surface area contributed by atoms with Crippen LogP contribution in [0.5, 0.6) is 0 Å². The first-order valence-electron chi connectivity index (χ1n) is 11.5. The second-order valence-electron chi connectivity index (χ2n) is 9.91.